The van der Waals surface area contributed by atoms with Crippen LogP contribution in [0.1, 0.15) is 31.0 Å². The number of carbonyl (C=O) groups is 2. The Hall–Kier alpha value is -3.22. The van der Waals surface area contributed by atoms with Crippen LogP contribution in [-0.4, -0.2) is 56.6 Å². The van der Waals surface area contributed by atoms with E-state index in [1.165, 1.54) is 0 Å². The lowest BCUT2D eigenvalue weighted by atomic mass is 10.0. The normalized spacial score (nSPS) is 14.7. The molecule has 1 aliphatic heterocycles. The van der Waals surface area contributed by atoms with Gasteiger partial charge in [0.25, 0.3) is 0 Å². The van der Waals surface area contributed by atoms with Gasteiger partial charge in [0.2, 0.25) is 0 Å². The topological polar surface area (TPSA) is 71.1 Å². The zero-order valence-corrected chi connectivity index (χ0v) is 18.7. The summed E-state index contributed by atoms with van der Waals surface area (Å²) in [5.74, 6) is 0.426. The van der Waals surface area contributed by atoms with Gasteiger partial charge < -0.3 is 24.6 Å². The number of hydrogen-bond donors (Lipinski definition) is 1. The second-order valence-electron chi connectivity index (χ2n) is 7.62. The van der Waals surface area contributed by atoms with Crippen molar-refractivity contribution in [3.05, 3.63) is 53.6 Å². The molecule has 31 heavy (non-hydrogen) atoms. The van der Waals surface area contributed by atoms with Crippen molar-refractivity contribution in [2.75, 3.05) is 44.8 Å². The summed E-state index contributed by atoms with van der Waals surface area (Å²) in [4.78, 5) is 29.2. The fraction of sp³-hybridized carbons (Fsp3) is 0.417. The number of methoxy groups -OCH3 is 1. The Morgan fingerprint density at radius 2 is 1.77 bits per heavy atom. The number of amides is 2. The highest BCUT2D eigenvalue weighted by Crippen LogP contribution is 2.29. The van der Waals surface area contributed by atoms with Gasteiger partial charge in [0.05, 0.1) is 25.4 Å². The minimum atomic E-state index is -0.595. The van der Waals surface area contributed by atoms with Crippen molar-refractivity contribution in [2.24, 2.45) is 0 Å². The first-order chi connectivity index (χ1) is 14.9. The molecule has 1 atom stereocenters. The zero-order chi connectivity index (χ0) is 22.4. The van der Waals surface area contributed by atoms with Gasteiger partial charge in [-0.3, -0.25) is 9.59 Å². The Morgan fingerprint density at radius 3 is 2.45 bits per heavy atom. The highest BCUT2D eigenvalue weighted by molar-refractivity contribution is 6.35. The maximum absolute atomic E-state index is 12.7. The van der Waals surface area contributed by atoms with Crippen molar-refractivity contribution in [1.82, 2.24) is 10.2 Å². The van der Waals surface area contributed by atoms with Crippen LogP contribution in [0.2, 0.25) is 0 Å². The first kappa shape index (κ1) is 22.5. The molecule has 2 aromatic rings. The van der Waals surface area contributed by atoms with E-state index >= 15 is 0 Å². The number of anilines is 1. The van der Waals surface area contributed by atoms with Gasteiger partial charge in [-0.15, -0.1) is 0 Å². The molecule has 0 bridgehead atoms. The van der Waals surface area contributed by atoms with E-state index in [2.05, 4.69) is 10.2 Å². The highest BCUT2D eigenvalue weighted by atomic mass is 16.5. The van der Waals surface area contributed by atoms with E-state index in [1.54, 1.807) is 12.0 Å². The van der Waals surface area contributed by atoms with Crippen LogP contribution in [0, 0.1) is 6.92 Å². The molecule has 7 heteroatoms. The Morgan fingerprint density at radius 1 is 1.06 bits per heavy atom. The average molecular weight is 426 g/mol. The maximum Gasteiger partial charge on any atom is 0.312 e. The number of carbonyl (C=O) groups excluding carboxylic acids is 2. The number of rotatable bonds is 6. The average Bonchev–Trinajstić information content (AvgIpc) is 2.79. The van der Waals surface area contributed by atoms with Crippen LogP contribution in [-0.2, 0) is 9.59 Å². The lowest BCUT2D eigenvalue weighted by Gasteiger charge is -2.36. The predicted octanol–water partition coefficient (Wildman–Crippen LogP) is 2.93. The predicted molar refractivity (Wildman–Crippen MR) is 121 cm³/mol. The van der Waals surface area contributed by atoms with Gasteiger partial charge in [-0.1, -0.05) is 29.8 Å². The molecule has 3 rings (SSSR count). The Kier molecular flexibility index (Phi) is 7.39. The molecule has 2 amide bonds. The van der Waals surface area contributed by atoms with Crippen LogP contribution >= 0.6 is 0 Å². The SMILES string of the molecule is CCOc1ccc(C)cc1C(C)NC(=O)C(=O)N1CCN(c2ccccc2OC)CC1. The van der Waals surface area contributed by atoms with Crippen LogP contribution < -0.4 is 19.7 Å². The molecule has 0 aliphatic carbocycles. The van der Waals surface area contributed by atoms with Crippen molar-refractivity contribution in [3.8, 4) is 11.5 Å². The van der Waals surface area contributed by atoms with Crippen molar-refractivity contribution in [1.29, 1.82) is 0 Å². The zero-order valence-electron chi connectivity index (χ0n) is 18.7. The van der Waals surface area contributed by atoms with E-state index in [0.29, 0.717) is 32.8 Å². The van der Waals surface area contributed by atoms with Crippen molar-refractivity contribution in [2.45, 2.75) is 26.8 Å². The van der Waals surface area contributed by atoms with Gasteiger partial charge in [0, 0.05) is 31.7 Å². The molecule has 2 aromatic carbocycles. The van der Waals surface area contributed by atoms with E-state index in [1.807, 2.05) is 63.2 Å². The van der Waals surface area contributed by atoms with Gasteiger partial charge in [-0.25, -0.2) is 0 Å². The van der Waals surface area contributed by atoms with E-state index in [4.69, 9.17) is 9.47 Å². The molecule has 1 fully saturated rings. The molecule has 1 unspecified atom stereocenters. The maximum atomic E-state index is 12.7. The van der Waals surface area contributed by atoms with Crippen LogP contribution in [0.25, 0.3) is 0 Å². The summed E-state index contributed by atoms with van der Waals surface area (Å²) >= 11 is 0. The summed E-state index contributed by atoms with van der Waals surface area (Å²) in [6, 6.07) is 13.3. The van der Waals surface area contributed by atoms with Crippen LogP contribution in [0.5, 0.6) is 11.5 Å². The Balaban J connectivity index is 1.60. The molecule has 1 aliphatic rings. The highest BCUT2D eigenvalue weighted by Gasteiger charge is 2.28. The van der Waals surface area contributed by atoms with Gasteiger partial charge in [-0.2, -0.15) is 0 Å². The second-order valence-corrected chi connectivity index (χ2v) is 7.62. The monoisotopic (exact) mass is 425 g/mol. The van der Waals surface area contributed by atoms with Crippen LogP contribution in [0.4, 0.5) is 5.69 Å². The summed E-state index contributed by atoms with van der Waals surface area (Å²) in [5.41, 5.74) is 2.93. The van der Waals surface area contributed by atoms with E-state index in [-0.39, 0.29) is 6.04 Å². The van der Waals surface area contributed by atoms with E-state index < -0.39 is 11.8 Å². The summed E-state index contributed by atoms with van der Waals surface area (Å²) in [6.45, 7) is 8.54. The summed E-state index contributed by atoms with van der Waals surface area (Å²) < 4.78 is 11.1. The molecule has 0 radical (unpaired) electrons. The standard InChI is InChI=1S/C24H31N3O4/c1-5-31-21-11-10-17(2)16-19(21)18(3)25-23(28)24(29)27-14-12-26(13-15-27)20-8-6-7-9-22(20)30-4/h6-11,16,18H,5,12-15H2,1-4H3,(H,25,28). The molecule has 7 nitrogen and oxygen atoms in total. The second kappa shape index (κ2) is 10.2. The minimum Gasteiger partial charge on any atom is -0.495 e. The fourth-order valence-corrected chi connectivity index (χ4v) is 3.81. The molecule has 1 saturated heterocycles. The third-order valence-corrected chi connectivity index (χ3v) is 5.47. The van der Waals surface area contributed by atoms with Gasteiger partial charge >= 0.3 is 11.8 Å². The number of para-hydroxylation sites is 2. The van der Waals surface area contributed by atoms with Crippen LogP contribution in [0.15, 0.2) is 42.5 Å². The minimum absolute atomic E-state index is 0.340. The molecular formula is C24H31N3O4. The van der Waals surface area contributed by atoms with Gasteiger partial charge in [0.1, 0.15) is 11.5 Å². The molecule has 1 N–H and O–H groups in total. The van der Waals surface area contributed by atoms with Gasteiger partial charge in [0.15, 0.2) is 0 Å². The molecule has 0 aromatic heterocycles. The third-order valence-electron chi connectivity index (χ3n) is 5.47. The number of piperazine rings is 1. The van der Waals surface area contributed by atoms with Crippen molar-refractivity contribution in [3.63, 3.8) is 0 Å². The van der Waals surface area contributed by atoms with Crippen molar-refractivity contribution >= 4 is 17.5 Å². The molecule has 166 valence electrons. The smallest absolute Gasteiger partial charge is 0.312 e. The first-order valence-electron chi connectivity index (χ1n) is 10.7. The Bertz CT molecular complexity index is 923. The summed E-state index contributed by atoms with van der Waals surface area (Å²) in [5, 5.41) is 2.84. The Labute approximate surface area is 183 Å². The lowest BCUT2D eigenvalue weighted by molar-refractivity contribution is -0.146. The largest absolute Gasteiger partial charge is 0.495 e. The van der Waals surface area contributed by atoms with E-state index in [9.17, 15) is 9.59 Å². The summed E-state index contributed by atoms with van der Waals surface area (Å²) in [6.07, 6.45) is 0. The lowest BCUT2D eigenvalue weighted by Crippen LogP contribution is -2.53. The fourth-order valence-electron chi connectivity index (χ4n) is 3.81. The number of nitrogens with one attached hydrogen (secondary N) is 1. The molecule has 1 heterocycles. The summed E-state index contributed by atoms with van der Waals surface area (Å²) in [7, 11) is 1.65. The van der Waals surface area contributed by atoms with Gasteiger partial charge in [-0.05, 0) is 39.0 Å². The first-order valence-corrected chi connectivity index (χ1v) is 10.7. The van der Waals surface area contributed by atoms with Crippen LogP contribution in [0.3, 0.4) is 0 Å². The quantitative estimate of drug-likeness (QED) is 0.721. The van der Waals surface area contributed by atoms with Crippen molar-refractivity contribution < 1.29 is 19.1 Å². The third kappa shape index (κ3) is 5.29. The molecule has 0 spiro atoms. The van der Waals surface area contributed by atoms with E-state index in [0.717, 1.165) is 28.3 Å². The number of aryl methyl sites for hydroxylation is 1. The number of ether oxygens (including phenoxy) is 2. The molecular weight excluding hydrogens is 394 g/mol. The molecule has 0 saturated carbocycles. The number of nitrogens with zero attached hydrogens (tertiary/aromatic N) is 2. The number of hydrogen-bond acceptors (Lipinski definition) is 5. The number of benzene rings is 2.